The molecule has 1 N–H and O–H groups in total. The SMILES string of the molecule is CCOC(=O)c1ccc(-n2cccn2)cc1NC(C#N)=C(C#N)C#N. The third kappa shape index (κ3) is 3.82. The third-order valence-electron chi connectivity index (χ3n) is 3.11. The topological polar surface area (TPSA) is 128 Å². The number of rotatable bonds is 5. The van der Waals surface area contributed by atoms with Gasteiger partial charge in [-0.25, -0.2) is 9.48 Å². The molecule has 8 heteroatoms. The van der Waals surface area contributed by atoms with E-state index >= 15 is 0 Å². The van der Waals surface area contributed by atoms with Gasteiger partial charge in [-0.15, -0.1) is 0 Å². The molecule has 0 radical (unpaired) electrons. The van der Waals surface area contributed by atoms with E-state index in [4.69, 9.17) is 15.3 Å². The fraction of sp³-hybridized carbons (Fsp3) is 0.118. The highest BCUT2D eigenvalue weighted by molar-refractivity contribution is 5.96. The molecule has 0 bridgehead atoms. The lowest BCUT2D eigenvalue weighted by Gasteiger charge is -2.12. The van der Waals surface area contributed by atoms with Crippen molar-refractivity contribution in [2.45, 2.75) is 6.92 Å². The second-order valence-corrected chi connectivity index (χ2v) is 4.61. The predicted octanol–water partition coefficient (Wildman–Crippen LogP) is 2.29. The van der Waals surface area contributed by atoms with Gasteiger partial charge in [0.15, 0.2) is 5.57 Å². The van der Waals surface area contributed by atoms with Crippen LogP contribution in [-0.4, -0.2) is 22.4 Å². The maximum absolute atomic E-state index is 12.1. The predicted molar refractivity (Wildman–Crippen MR) is 87.0 cm³/mol. The van der Waals surface area contributed by atoms with Gasteiger partial charge in [-0.1, -0.05) is 0 Å². The highest BCUT2D eigenvalue weighted by Gasteiger charge is 2.16. The number of aromatic nitrogens is 2. The van der Waals surface area contributed by atoms with E-state index in [9.17, 15) is 10.1 Å². The molecule has 25 heavy (non-hydrogen) atoms. The summed E-state index contributed by atoms with van der Waals surface area (Å²) in [4.78, 5) is 12.1. The summed E-state index contributed by atoms with van der Waals surface area (Å²) in [7, 11) is 0. The Bertz CT molecular complexity index is 923. The van der Waals surface area contributed by atoms with Gasteiger partial charge in [0.25, 0.3) is 0 Å². The molecule has 0 unspecified atom stereocenters. The van der Waals surface area contributed by atoms with Crippen molar-refractivity contribution < 1.29 is 9.53 Å². The number of carbonyl (C=O) groups is 1. The summed E-state index contributed by atoms with van der Waals surface area (Å²) in [5, 5.41) is 33.9. The van der Waals surface area contributed by atoms with Crippen LogP contribution < -0.4 is 5.32 Å². The van der Waals surface area contributed by atoms with E-state index in [0.29, 0.717) is 5.69 Å². The number of allylic oxidation sites excluding steroid dienone is 2. The van der Waals surface area contributed by atoms with Crippen LogP contribution in [-0.2, 0) is 4.74 Å². The zero-order valence-corrected chi connectivity index (χ0v) is 13.2. The minimum Gasteiger partial charge on any atom is -0.462 e. The molecule has 0 fully saturated rings. The molecule has 0 spiro atoms. The van der Waals surface area contributed by atoms with E-state index in [0.717, 1.165) is 0 Å². The van der Waals surface area contributed by atoms with Gasteiger partial charge < -0.3 is 10.1 Å². The van der Waals surface area contributed by atoms with E-state index in [1.54, 1.807) is 60.4 Å². The second kappa shape index (κ2) is 7.96. The van der Waals surface area contributed by atoms with Crippen molar-refractivity contribution in [3.05, 3.63) is 53.5 Å². The van der Waals surface area contributed by atoms with Crippen molar-refractivity contribution in [2.24, 2.45) is 0 Å². The molecule has 122 valence electrons. The van der Waals surface area contributed by atoms with E-state index in [-0.39, 0.29) is 29.1 Å². The number of anilines is 1. The Hall–Kier alpha value is -4.09. The molecule has 2 rings (SSSR count). The van der Waals surface area contributed by atoms with Crippen LogP contribution in [0.15, 0.2) is 47.9 Å². The average molecular weight is 332 g/mol. The van der Waals surface area contributed by atoms with E-state index in [1.165, 1.54) is 6.07 Å². The normalized spacial score (nSPS) is 9.20. The summed E-state index contributed by atoms with van der Waals surface area (Å²) in [6.45, 7) is 1.86. The summed E-state index contributed by atoms with van der Waals surface area (Å²) in [6, 6.07) is 11.5. The number of esters is 1. The van der Waals surface area contributed by atoms with E-state index < -0.39 is 5.97 Å². The molecule has 8 nitrogen and oxygen atoms in total. The van der Waals surface area contributed by atoms with E-state index in [2.05, 4.69) is 10.4 Å². The summed E-state index contributed by atoms with van der Waals surface area (Å²) < 4.78 is 6.56. The maximum Gasteiger partial charge on any atom is 0.340 e. The van der Waals surface area contributed by atoms with E-state index in [1.807, 2.05) is 0 Å². The number of hydrogen-bond donors (Lipinski definition) is 1. The third-order valence-corrected chi connectivity index (χ3v) is 3.11. The van der Waals surface area contributed by atoms with Gasteiger partial charge in [0.2, 0.25) is 0 Å². The lowest BCUT2D eigenvalue weighted by molar-refractivity contribution is 0.0527. The second-order valence-electron chi connectivity index (χ2n) is 4.61. The molecule has 0 amide bonds. The molecule has 0 aliphatic heterocycles. The summed E-state index contributed by atoms with van der Waals surface area (Å²) >= 11 is 0. The lowest BCUT2D eigenvalue weighted by atomic mass is 10.1. The lowest BCUT2D eigenvalue weighted by Crippen LogP contribution is -2.11. The molecule has 0 aliphatic carbocycles. The minimum atomic E-state index is -0.593. The summed E-state index contributed by atoms with van der Waals surface area (Å²) in [5.41, 5.74) is 0.370. The maximum atomic E-state index is 12.1. The quantitative estimate of drug-likeness (QED) is 0.657. The van der Waals surface area contributed by atoms with Crippen LogP contribution in [0.5, 0.6) is 0 Å². The Morgan fingerprint density at radius 1 is 1.28 bits per heavy atom. The van der Waals surface area contributed by atoms with Crippen molar-refractivity contribution in [3.8, 4) is 23.9 Å². The average Bonchev–Trinajstić information content (AvgIpc) is 3.16. The molecule has 0 saturated carbocycles. The summed E-state index contributed by atoms with van der Waals surface area (Å²) in [5.74, 6) is -0.593. The van der Waals surface area contributed by atoms with Gasteiger partial charge >= 0.3 is 5.97 Å². The summed E-state index contributed by atoms with van der Waals surface area (Å²) in [6.07, 6.45) is 3.30. The van der Waals surface area contributed by atoms with Gasteiger partial charge in [0.1, 0.15) is 23.9 Å². The first kappa shape index (κ1) is 17.3. The largest absolute Gasteiger partial charge is 0.462 e. The molecule has 2 aromatic rings. The number of benzene rings is 1. The first-order valence-electron chi connectivity index (χ1n) is 7.17. The smallest absolute Gasteiger partial charge is 0.340 e. The number of nitrogens with zero attached hydrogens (tertiary/aromatic N) is 5. The monoisotopic (exact) mass is 332 g/mol. The zero-order chi connectivity index (χ0) is 18.2. The molecule has 1 aromatic carbocycles. The van der Waals surface area contributed by atoms with Gasteiger partial charge in [-0.2, -0.15) is 20.9 Å². The number of nitriles is 3. The molecule has 0 atom stereocenters. The molecular formula is C17H12N6O2. The van der Waals surface area contributed by atoms with Crippen LogP contribution >= 0.6 is 0 Å². The minimum absolute atomic E-state index is 0.167. The Kier molecular flexibility index (Phi) is 5.50. The number of carbonyl (C=O) groups excluding carboxylic acids is 1. The molecule has 1 aromatic heterocycles. The highest BCUT2D eigenvalue weighted by Crippen LogP contribution is 2.23. The van der Waals surface area contributed by atoms with Crippen LogP contribution in [0, 0.1) is 34.0 Å². The van der Waals surface area contributed by atoms with Crippen molar-refractivity contribution in [2.75, 3.05) is 11.9 Å². The molecular weight excluding hydrogens is 320 g/mol. The first-order chi connectivity index (χ1) is 12.1. The molecule has 0 aliphatic rings. The van der Waals surface area contributed by atoms with Crippen LogP contribution in [0.4, 0.5) is 5.69 Å². The number of ether oxygens (including phenoxy) is 1. The van der Waals surface area contributed by atoms with Crippen LogP contribution in [0.1, 0.15) is 17.3 Å². The highest BCUT2D eigenvalue weighted by atomic mass is 16.5. The standard InChI is InChI=1S/C17H12N6O2/c1-2-25-17(24)14-5-4-13(23-7-3-6-21-23)8-15(14)22-16(11-20)12(9-18)10-19/h3-8,22H,2H2,1H3. The van der Waals surface area contributed by atoms with Crippen LogP contribution in [0.2, 0.25) is 0 Å². The first-order valence-corrected chi connectivity index (χ1v) is 7.17. The van der Waals surface area contributed by atoms with Gasteiger partial charge in [0.05, 0.1) is 23.5 Å². The number of nitrogens with one attached hydrogen (secondary N) is 1. The van der Waals surface area contributed by atoms with Crippen molar-refractivity contribution >= 4 is 11.7 Å². The molecule has 1 heterocycles. The van der Waals surface area contributed by atoms with Crippen molar-refractivity contribution in [3.63, 3.8) is 0 Å². The van der Waals surface area contributed by atoms with Crippen LogP contribution in [0.25, 0.3) is 5.69 Å². The molecule has 0 saturated heterocycles. The fourth-order valence-corrected chi connectivity index (χ4v) is 2.00. The van der Waals surface area contributed by atoms with Gasteiger partial charge in [0, 0.05) is 12.4 Å². The Balaban J connectivity index is 2.56. The number of hydrogen-bond acceptors (Lipinski definition) is 7. The fourth-order valence-electron chi connectivity index (χ4n) is 2.00. The van der Waals surface area contributed by atoms with Crippen molar-refractivity contribution in [1.82, 2.24) is 9.78 Å². The Morgan fingerprint density at radius 3 is 2.60 bits per heavy atom. The van der Waals surface area contributed by atoms with Gasteiger partial charge in [-0.05, 0) is 31.2 Å². The van der Waals surface area contributed by atoms with Crippen LogP contribution in [0.3, 0.4) is 0 Å². The Labute approximate surface area is 143 Å². The van der Waals surface area contributed by atoms with Crippen molar-refractivity contribution in [1.29, 1.82) is 15.8 Å². The Morgan fingerprint density at radius 2 is 2.04 bits per heavy atom. The van der Waals surface area contributed by atoms with Gasteiger partial charge in [-0.3, -0.25) is 0 Å². The zero-order valence-electron chi connectivity index (χ0n) is 13.2.